The topological polar surface area (TPSA) is 59.8 Å². The third-order valence-electron chi connectivity index (χ3n) is 7.65. The zero-order valence-electron chi connectivity index (χ0n) is 21.0. The summed E-state index contributed by atoms with van der Waals surface area (Å²) in [6.07, 6.45) is 1.17. The van der Waals surface area contributed by atoms with Gasteiger partial charge in [-0.2, -0.15) is 8.78 Å². The molecule has 2 fully saturated rings. The van der Waals surface area contributed by atoms with E-state index in [9.17, 15) is 13.6 Å². The molecule has 2 atom stereocenters. The van der Waals surface area contributed by atoms with Gasteiger partial charge in [-0.1, -0.05) is 24.0 Å². The molecule has 10 heteroatoms. The normalized spacial score (nSPS) is 22.6. The van der Waals surface area contributed by atoms with Gasteiger partial charge in [-0.05, 0) is 44.8 Å². The highest BCUT2D eigenvalue weighted by atomic mass is 19.3. The summed E-state index contributed by atoms with van der Waals surface area (Å²) >= 11 is 0. The Morgan fingerprint density at radius 2 is 2.03 bits per heavy atom. The minimum Gasteiger partial charge on any atom is -0.434 e. The van der Waals surface area contributed by atoms with Gasteiger partial charge in [0.05, 0.1) is 42.4 Å². The second-order valence-electron chi connectivity index (χ2n) is 10.3. The van der Waals surface area contributed by atoms with Crippen molar-refractivity contribution in [3.05, 3.63) is 58.9 Å². The lowest BCUT2D eigenvalue weighted by Gasteiger charge is -2.48. The molecule has 38 heavy (non-hydrogen) atoms. The van der Waals surface area contributed by atoms with Crippen molar-refractivity contribution >= 4 is 17.3 Å². The highest BCUT2D eigenvalue weighted by Crippen LogP contribution is 2.46. The van der Waals surface area contributed by atoms with Crippen LogP contribution in [0.25, 0.3) is 11.0 Å². The van der Waals surface area contributed by atoms with E-state index >= 15 is 4.39 Å². The fourth-order valence-corrected chi connectivity index (χ4v) is 5.64. The Morgan fingerprint density at radius 1 is 1.24 bits per heavy atom. The van der Waals surface area contributed by atoms with Crippen molar-refractivity contribution in [2.24, 2.45) is 0 Å². The van der Waals surface area contributed by atoms with E-state index in [1.165, 1.54) is 12.1 Å². The third kappa shape index (κ3) is 4.25. The molecule has 1 unspecified atom stereocenters. The fraction of sp³-hybridized carbons (Fsp3) is 0.429. The lowest BCUT2D eigenvalue weighted by molar-refractivity contribution is -0.122. The quantitative estimate of drug-likeness (QED) is 0.361. The molecule has 4 heterocycles. The van der Waals surface area contributed by atoms with Crippen LogP contribution in [0.3, 0.4) is 0 Å². The molecule has 6 rings (SSSR count). The van der Waals surface area contributed by atoms with Crippen LogP contribution in [0.5, 0.6) is 5.75 Å². The van der Waals surface area contributed by atoms with Crippen molar-refractivity contribution in [3.8, 4) is 17.6 Å². The number of imidazole rings is 1. The first-order chi connectivity index (χ1) is 18.3. The first kappa shape index (κ1) is 24.9. The summed E-state index contributed by atoms with van der Waals surface area (Å²) in [5.74, 6) is 6.51. The van der Waals surface area contributed by atoms with E-state index < -0.39 is 18.3 Å². The second-order valence-corrected chi connectivity index (χ2v) is 10.3. The number of alkyl halides is 3. The SMILES string of the molecule is CN(C)C1C[C@H](c2c(C=O)cccc2OC(F)F)n2c1nc1ccc(C#CC3(F)CN(C4COC4)C3)cc12. The molecule has 0 spiro atoms. The van der Waals surface area contributed by atoms with Gasteiger partial charge in [0.1, 0.15) is 11.6 Å². The average Bonchev–Trinajstić information content (AvgIpc) is 3.37. The molecule has 0 amide bonds. The molecular formula is C28H27F3N4O3. The standard InChI is InChI=1S/C28H27F3N4O3/c1-33(2)23-11-22(25-18(12-36)4-3-5-24(25)38-27(29)30)35-21-10-17(6-7-20(21)32-26(23)35)8-9-28(31)15-34(16-28)19-13-37-14-19/h3-7,10,12,19,22-23,27H,11,13-16H2,1-2H3/t22-,23?/m1/s1. The summed E-state index contributed by atoms with van der Waals surface area (Å²) in [5, 5.41) is 0. The number of fused-ring (bicyclic) bond motifs is 3. The zero-order valence-corrected chi connectivity index (χ0v) is 21.0. The summed E-state index contributed by atoms with van der Waals surface area (Å²) in [7, 11) is 3.85. The maximum Gasteiger partial charge on any atom is 0.387 e. The Kier molecular flexibility index (Phi) is 6.17. The number of likely N-dealkylation sites (tertiary alicyclic amines) is 1. The van der Waals surface area contributed by atoms with Crippen LogP contribution in [0.2, 0.25) is 0 Å². The van der Waals surface area contributed by atoms with Gasteiger partial charge in [-0.25, -0.2) is 9.37 Å². The highest BCUT2D eigenvalue weighted by molar-refractivity contribution is 5.82. The Labute approximate surface area is 218 Å². The molecule has 0 aliphatic carbocycles. The van der Waals surface area contributed by atoms with Gasteiger partial charge in [0.25, 0.3) is 0 Å². The van der Waals surface area contributed by atoms with Crippen molar-refractivity contribution in [2.45, 2.75) is 36.8 Å². The van der Waals surface area contributed by atoms with Crippen LogP contribution < -0.4 is 4.74 Å². The van der Waals surface area contributed by atoms with Crippen LogP contribution in [0.15, 0.2) is 36.4 Å². The molecule has 2 saturated heterocycles. The van der Waals surface area contributed by atoms with E-state index in [2.05, 4.69) is 11.8 Å². The van der Waals surface area contributed by atoms with Crippen molar-refractivity contribution in [3.63, 3.8) is 0 Å². The van der Waals surface area contributed by atoms with E-state index in [0.717, 1.165) is 11.3 Å². The number of benzene rings is 2. The number of ether oxygens (including phenoxy) is 2. The maximum absolute atomic E-state index is 15.1. The van der Waals surface area contributed by atoms with Crippen molar-refractivity contribution in [1.82, 2.24) is 19.4 Å². The lowest BCUT2D eigenvalue weighted by atomic mass is 9.93. The van der Waals surface area contributed by atoms with Crippen LogP contribution >= 0.6 is 0 Å². The van der Waals surface area contributed by atoms with E-state index in [1.54, 1.807) is 6.07 Å². The lowest BCUT2D eigenvalue weighted by Crippen LogP contribution is -2.65. The molecule has 198 valence electrons. The molecule has 7 nitrogen and oxygen atoms in total. The molecule has 1 aromatic heterocycles. The summed E-state index contributed by atoms with van der Waals surface area (Å²) in [4.78, 5) is 20.9. The van der Waals surface area contributed by atoms with E-state index in [1.807, 2.05) is 46.7 Å². The monoisotopic (exact) mass is 524 g/mol. The number of aromatic nitrogens is 2. The molecule has 3 aliphatic heterocycles. The molecule has 2 aromatic carbocycles. The largest absolute Gasteiger partial charge is 0.434 e. The number of hydrogen-bond acceptors (Lipinski definition) is 6. The summed E-state index contributed by atoms with van der Waals surface area (Å²) in [6, 6.07) is 9.74. The number of halogens is 3. The molecule has 0 N–H and O–H groups in total. The van der Waals surface area contributed by atoms with Gasteiger partial charge in [-0.15, -0.1) is 0 Å². The molecule has 3 aromatic rings. The number of carbonyl (C=O) groups is 1. The van der Waals surface area contributed by atoms with Gasteiger partial charge in [0, 0.05) is 29.8 Å². The predicted molar refractivity (Wildman–Crippen MR) is 134 cm³/mol. The van der Waals surface area contributed by atoms with Crippen LogP contribution in [0.1, 0.15) is 45.8 Å². The summed E-state index contributed by atoms with van der Waals surface area (Å²) < 4.78 is 53.7. The first-order valence-corrected chi connectivity index (χ1v) is 12.5. The van der Waals surface area contributed by atoms with Crippen molar-refractivity contribution < 1.29 is 27.4 Å². The van der Waals surface area contributed by atoms with Gasteiger partial charge < -0.3 is 14.0 Å². The van der Waals surface area contributed by atoms with Crippen LogP contribution in [0.4, 0.5) is 13.2 Å². The number of carbonyl (C=O) groups excluding carboxylic acids is 1. The van der Waals surface area contributed by atoms with E-state index in [0.29, 0.717) is 42.6 Å². The second kappa shape index (κ2) is 9.42. The predicted octanol–water partition coefficient (Wildman–Crippen LogP) is 3.82. The van der Waals surface area contributed by atoms with Crippen LogP contribution in [-0.4, -0.2) is 84.4 Å². The van der Waals surface area contributed by atoms with Crippen molar-refractivity contribution in [1.29, 1.82) is 0 Å². The average molecular weight is 525 g/mol. The van der Waals surface area contributed by atoms with Crippen LogP contribution in [0, 0.1) is 11.8 Å². The Bertz CT molecular complexity index is 1450. The number of rotatable bonds is 6. The zero-order chi connectivity index (χ0) is 26.6. The molecule has 0 bridgehead atoms. The number of hydrogen-bond donors (Lipinski definition) is 0. The summed E-state index contributed by atoms with van der Waals surface area (Å²) in [6.45, 7) is -1.23. The molecule has 3 aliphatic rings. The maximum atomic E-state index is 15.1. The van der Waals surface area contributed by atoms with Crippen LogP contribution in [-0.2, 0) is 4.74 Å². The Morgan fingerprint density at radius 3 is 2.68 bits per heavy atom. The first-order valence-electron chi connectivity index (χ1n) is 12.5. The highest BCUT2D eigenvalue weighted by Gasteiger charge is 2.47. The Balaban J connectivity index is 1.40. The fourth-order valence-electron chi connectivity index (χ4n) is 5.64. The molecule has 0 radical (unpaired) electrons. The molecule has 0 saturated carbocycles. The molecular weight excluding hydrogens is 497 g/mol. The van der Waals surface area contributed by atoms with E-state index in [-0.39, 0.29) is 36.5 Å². The third-order valence-corrected chi connectivity index (χ3v) is 7.65. The van der Waals surface area contributed by atoms with Gasteiger partial charge in [-0.3, -0.25) is 14.6 Å². The Hall–Kier alpha value is -3.39. The van der Waals surface area contributed by atoms with Gasteiger partial charge in [0.2, 0.25) is 0 Å². The minimum atomic E-state index is -3.03. The van der Waals surface area contributed by atoms with E-state index in [4.69, 9.17) is 14.5 Å². The van der Waals surface area contributed by atoms with Crippen molar-refractivity contribution in [2.75, 3.05) is 40.4 Å². The van der Waals surface area contributed by atoms with Gasteiger partial charge in [0.15, 0.2) is 12.0 Å². The van der Waals surface area contributed by atoms with Gasteiger partial charge >= 0.3 is 6.61 Å². The number of aldehydes is 1. The number of nitrogens with zero attached hydrogens (tertiary/aromatic N) is 4. The smallest absolute Gasteiger partial charge is 0.387 e. The summed E-state index contributed by atoms with van der Waals surface area (Å²) in [5.41, 5.74) is 1.18. The minimum absolute atomic E-state index is 0.0384.